The predicted molar refractivity (Wildman–Crippen MR) is 190 cm³/mol. The summed E-state index contributed by atoms with van der Waals surface area (Å²) in [5.74, 6) is 4.49. The SMILES string of the molecule is Cc1cc(C)c(-c2cc(C#CC3CC3)nc([C@H](CC(=O)O)NC(=O)[C@H](CC(C)C)n3cc(CCN4CC[C@@H](F)C4)c(C(F)(F)F)cc3=O)c2)c(C)c1. The molecule has 12 heteroatoms. The molecule has 2 aliphatic rings. The molecule has 3 heterocycles. The van der Waals surface area contributed by atoms with Crippen molar-refractivity contribution >= 4 is 11.9 Å². The Balaban J connectivity index is 1.55. The van der Waals surface area contributed by atoms with Crippen LogP contribution >= 0.6 is 0 Å². The van der Waals surface area contributed by atoms with Crippen molar-refractivity contribution in [3.05, 3.63) is 86.1 Å². The average molecular weight is 723 g/mol. The van der Waals surface area contributed by atoms with E-state index in [1.54, 1.807) is 11.0 Å². The second-order valence-corrected chi connectivity index (χ2v) is 14.7. The van der Waals surface area contributed by atoms with E-state index in [2.05, 4.69) is 17.2 Å². The number of hydrogen-bond acceptors (Lipinski definition) is 5. The largest absolute Gasteiger partial charge is 0.481 e. The van der Waals surface area contributed by atoms with Crippen molar-refractivity contribution in [2.45, 2.75) is 97.6 Å². The topological polar surface area (TPSA) is 105 Å². The van der Waals surface area contributed by atoms with Crippen molar-refractivity contribution in [2.24, 2.45) is 11.8 Å². The summed E-state index contributed by atoms with van der Waals surface area (Å²) in [7, 11) is 0. The summed E-state index contributed by atoms with van der Waals surface area (Å²) in [6.07, 6.45) is -3.08. The van der Waals surface area contributed by atoms with Gasteiger partial charge in [0.05, 0.1) is 23.7 Å². The van der Waals surface area contributed by atoms with Crippen LogP contribution in [0, 0.1) is 44.4 Å². The summed E-state index contributed by atoms with van der Waals surface area (Å²) in [5, 5.41) is 12.8. The van der Waals surface area contributed by atoms with Crippen LogP contribution < -0.4 is 10.9 Å². The number of benzene rings is 1. The first kappa shape index (κ1) is 38.7. The van der Waals surface area contributed by atoms with Gasteiger partial charge in [0.2, 0.25) is 5.91 Å². The molecule has 278 valence electrons. The number of nitrogens with zero attached hydrogens (tertiary/aromatic N) is 3. The lowest BCUT2D eigenvalue weighted by Crippen LogP contribution is -2.41. The van der Waals surface area contributed by atoms with Gasteiger partial charge in [0.15, 0.2) is 0 Å². The van der Waals surface area contributed by atoms with Crippen LogP contribution in [0.25, 0.3) is 11.1 Å². The molecule has 2 N–H and O–H groups in total. The molecule has 0 bridgehead atoms. The number of nitrogens with one attached hydrogen (secondary N) is 1. The van der Waals surface area contributed by atoms with Crippen LogP contribution in [-0.2, 0) is 22.2 Å². The van der Waals surface area contributed by atoms with Gasteiger partial charge in [-0.25, -0.2) is 9.37 Å². The summed E-state index contributed by atoms with van der Waals surface area (Å²) in [6, 6.07) is 5.78. The highest BCUT2D eigenvalue weighted by atomic mass is 19.4. The Morgan fingerprint density at radius 2 is 1.75 bits per heavy atom. The van der Waals surface area contributed by atoms with Gasteiger partial charge in [0.1, 0.15) is 17.9 Å². The maximum atomic E-state index is 14.2. The standard InChI is InChI=1S/C40H46F4N4O4/c1-23(2)14-35(48-21-28(10-12-47-13-11-30(41)22-47)32(19-36(48)49)40(42,43)44)39(52)46-34(20-37(50)51)33-18-29(17-31(45-33)9-8-27-6-7-27)38-25(4)15-24(3)16-26(38)5/h15-19,21,23,27,30,34-35H,6-7,10-14,20,22H2,1-5H3,(H,46,52)(H,50,51)/t30-,34+,35+/m1/s1. The van der Waals surface area contributed by atoms with Crippen molar-refractivity contribution in [1.29, 1.82) is 0 Å². The Morgan fingerprint density at radius 1 is 1.06 bits per heavy atom. The third kappa shape index (κ3) is 9.88. The number of rotatable bonds is 12. The van der Waals surface area contributed by atoms with E-state index in [9.17, 15) is 37.1 Å². The highest BCUT2D eigenvalue weighted by Gasteiger charge is 2.36. The number of aliphatic carboxylic acids is 1. The Labute approximate surface area is 301 Å². The number of hydrogen-bond donors (Lipinski definition) is 2. The molecule has 0 unspecified atom stereocenters. The van der Waals surface area contributed by atoms with E-state index in [1.165, 1.54) is 0 Å². The third-order valence-electron chi connectivity index (χ3n) is 9.56. The van der Waals surface area contributed by atoms with E-state index >= 15 is 0 Å². The van der Waals surface area contributed by atoms with Crippen LogP contribution in [-0.4, -0.2) is 57.2 Å². The van der Waals surface area contributed by atoms with Crippen LogP contribution in [0.4, 0.5) is 17.6 Å². The molecule has 8 nitrogen and oxygen atoms in total. The van der Waals surface area contributed by atoms with Crippen molar-refractivity contribution in [1.82, 2.24) is 19.8 Å². The molecule has 1 amide bonds. The highest BCUT2D eigenvalue weighted by Crippen LogP contribution is 2.34. The van der Waals surface area contributed by atoms with Crippen molar-refractivity contribution in [3.63, 3.8) is 0 Å². The molecule has 3 aromatic rings. The van der Waals surface area contributed by atoms with Crippen LogP contribution in [0.1, 0.15) is 97.2 Å². The molecule has 2 fully saturated rings. The zero-order valence-electron chi connectivity index (χ0n) is 30.2. The normalized spacial score (nSPS) is 17.5. The number of halogens is 4. The molecular weight excluding hydrogens is 676 g/mol. The molecule has 0 spiro atoms. The number of carboxylic acids is 1. The molecule has 3 atom stereocenters. The molecule has 1 saturated heterocycles. The van der Waals surface area contributed by atoms with Gasteiger partial charge in [-0.2, -0.15) is 13.2 Å². The summed E-state index contributed by atoms with van der Waals surface area (Å²) < 4.78 is 57.3. The fourth-order valence-electron chi connectivity index (χ4n) is 7.01. The Hall–Kier alpha value is -4.50. The number of pyridine rings is 2. The van der Waals surface area contributed by atoms with Crippen LogP contribution in [0.3, 0.4) is 0 Å². The minimum Gasteiger partial charge on any atom is -0.481 e. The maximum absolute atomic E-state index is 14.2. The lowest BCUT2D eigenvalue weighted by Gasteiger charge is -2.26. The first-order valence-corrected chi connectivity index (χ1v) is 17.8. The Bertz CT molecular complexity index is 1920. The Morgan fingerprint density at radius 3 is 2.33 bits per heavy atom. The van der Waals surface area contributed by atoms with Crippen LogP contribution in [0.2, 0.25) is 0 Å². The minimum absolute atomic E-state index is 0.0827. The highest BCUT2D eigenvalue weighted by molar-refractivity contribution is 5.82. The van der Waals surface area contributed by atoms with Gasteiger partial charge in [0, 0.05) is 37.8 Å². The minimum atomic E-state index is -4.82. The fourth-order valence-corrected chi connectivity index (χ4v) is 7.01. The summed E-state index contributed by atoms with van der Waals surface area (Å²) in [6.45, 7) is 10.3. The summed E-state index contributed by atoms with van der Waals surface area (Å²) in [5.41, 5.74) is 3.15. The third-order valence-corrected chi connectivity index (χ3v) is 9.56. The van der Waals surface area contributed by atoms with Crippen molar-refractivity contribution in [3.8, 4) is 23.0 Å². The van der Waals surface area contributed by atoms with Crippen LogP contribution in [0.5, 0.6) is 0 Å². The molecule has 1 aliphatic heterocycles. The molecule has 1 aliphatic carbocycles. The molecular formula is C40H46F4N4O4. The van der Waals surface area contributed by atoms with Gasteiger partial charge in [-0.1, -0.05) is 37.5 Å². The molecule has 1 saturated carbocycles. The maximum Gasteiger partial charge on any atom is 0.416 e. The predicted octanol–water partition coefficient (Wildman–Crippen LogP) is 7.12. The zero-order valence-corrected chi connectivity index (χ0v) is 30.2. The summed E-state index contributed by atoms with van der Waals surface area (Å²) in [4.78, 5) is 46.2. The fraction of sp³-hybridized carbons (Fsp3) is 0.500. The monoisotopic (exact) mass is 722 g/mol. The zero-order chi connectivity index (χ0) is 37.9. The molecule has 2 aromatic heterocycles. The van der Waals surface area contributed by atoms with E-state index < -0.39 is 53.9 Å². The number of aryl methyl sites for hydroxylation is 3. The lowest BCUT2D eigenvalue weighted by atomic mass is 9.92. The number of carbonyl (C=O) groups excluding carboxylic acids is 1. The number of likely N-dealkylation sites (tertiary alicyclic amines) is 1. The number of carboxylic acid groups (broad SMARTS) is 1. The van der Waals surface area contributed by atoms with Gasteiger partial charge in [-0.3, -0.25) is 14.4 Å². The number of amides is 1. The van der Waals surface area contributed by atoms with E-state index in [4.69, 9.17) is 4.98 Å². The second-order valence-electron chi connectivity index (χ2n) is 14.7. The van der Waals surface area contributed by atoms with E-state index in [1.807, 2.05) is 52.8 Å². The van der Waals surface area contributed by atoms with Gasteiger partial charge in [-0.05, 0) is 105 Å². The van der Waals surface area contributed by atoms with Crippen molar-refractivity contribution < 1.29 is 32.3 Å². The van der Waals surface area contributed by atoms with E-state index in [0.29, 0.717) is 24.7 Å². The second kappa shape index (κ2) is 16.0. The van der Waals surface area contributed by atoms with E-state index in [-0.39, 0.29) is 49.0 Å². The van der Waals surface area contributed by atoms with Gasteiger partial charge in [-0.15, -0.1) is 0 Å². The van der Waals surface area contributed by atoms with E-state index in [0.717, 1.165) is 51.4 Å². The van der Waals surface area contributed by atoms with Gasteiger partial charge < -0.3 is 19.9 Å². The number of alkyl halides is 4. The van der Waals surface area contributed by atoms with Crippen LogP contribution in [0.15, 0.2) is 41.3 Å². The van der Waals surface area contributed by atoms with Gasteiger partial charge >= 0.3 is 12.1 Å². The lowest BCUT2D eigenvalue weighted by molar-refractivity contribution is -0.139. The molecule has 1 aromatic carbocycles. The Kier molecular flexibility index (Phi) is 11.9. The quantitative estimate of drug-likeness (QED) is 0.153. The molecule has 5 rings (SSSR count). The average Bonchev–Trinajstić information content (AvgIpc) is 3.78. The molecule has 52 heavy (non-hydrogen) atoms. The first-order valence-electron chi connectivity index (χ1n) is 17.8. The number of aromatic nitrogens is 2. The summed E-state index contributed by atoms with van der Waals surface area (Å²) >= 11 is 0. The number of carbonyl (C=O) groups is 2. The molecule has 0 radical (unpaired) electrons. The van der Waals surface area contributed by atoms with Crippen molar-refractivity contribution in [2.75, 3.05) is 19.6 Å². The van der Waals surface area contributed by atoms with Gasteiger partial charge in [0.25, 0.3) is 5.56 Å². The smallest absolute Gasteiger partial charge is 0.416 e. The first-order chi connectivity index (χ1) is 24.5.